The zero-order chi connectivity index (χ0) is 15.8. The molecule has 2 aromatic heterocycles. The predicted molar refractivity (Wildman–Crippen MR) is 87.6 cm³/mol. The summed E-state index contributed by atoms with van der Waals surface area (Å²) in [5, 5.41) is 3.33. The number of nitrogens with zero attached hydrogens (tertiary/aromatic N) is 2. The van der Waals surface area contributed by atoms with E-state index in [0.29, 0.717) is 17.5 Å². The van der Waals surface area contributed by atoms with Crippen molar-refractivity contribution in [2.24, 2.45) is 0 Å². The van der Waals surface area contributed by atoms with Gasteiger partial charge in [0, 0.05) is 24.2 Å². The summed E-state index contributed by atoms with van der Waals surface area (Å²) >= 11 is 1.54. The van der Waals surface area contributed by atoms with E-state index < -0.39 is 0 Å². The van der Waals surface area contributed by atoms with Gasteiger partial charge in [0.05, 0.1) is 11.4 Å². The first-order valence-corrected chi connectivity index (χ1v) is 8.35. The topological polar surface area (TPSA) is 63.4 Å². The summed E-state index contributed by atoms with van der Waals surface area (Å²) in [4.78, 5) is 31.1. The summed E-state index contributed by atoms with van der Waals surface area (Å²) in [6.45, 7) is 0.652. The number of aromatic nitrogens is 1. The van der Waals surface area contributed by atoms with Gasteiger partial charge < -0.3 is 9.32 Å². The summed E-state index contributed by atoms with van der Waals surface area (Å²) in [7, 11) is 0. The molecule has 0 saturated carbocycles. The average molecular weight is 326 g/mol. The molecule has 0 radical (unpaired) electrons. The number of carbonyl (C=O) groups is 1. The molecule has 3 aromatic rings. The molecule has 1 aliphatic rings. The number of benzene rings is 1. The van der Waals surface area contributed by atoms with Crippen LogP contribution in [0.4, 0.5) is 0 Å². The van der Waals surface area contributed by atoms with Crippen LogP contribution in [-0.4, -0.2) is 22.3 Å². The molecule has 6 heteroatoms. The molecule has 5 nitrogen and oxygen atoms in total. The Balaban J connectivity index is 1.73. The second-order valence-electron chi connectivity index (χ2n) is 5.50. The van der Waals surface area contributed by atoms with Crippen LogP contribution in [0, 0.1) is 0 Å². The fraction of sp³-hybridized carbons (Fsp3) is 0.235. The van der Waals surface area contributed by atoms with Crippen molar-refractivity contribution < 1.29 is 9.21 Å². The zero-order valence-corrected chi connectivity index (χ0v) is 13.1. The van der Waals surface area contributed by atoms with E-state index in [2.05, 4.69) is 4.98 Å². The van der Waals surface area contributed by atoms with Gasteiger partial charge in [-0.15, -0.1) is 11.3 Å². The number of hydrogen-bond acceptors (Lipinski definition) is 5. The van der Waals surface area contributed by atoms with Crippen LogP contribution < -0.4 is 5.43 Å². The van der Waals surface area contributed by atoms with Crippen molar-refractivity contribution in [3.63, 3.8) is 0 Å². The van der Waals surface area contributed by atoms with E-state index in [9.17, 15) is 9.59 Å². The molecule has 1 atom stereocenters. The lowest BCUT2D eigenvalue weighted by Gasteiger charge is -2.22. The second kappa shape index (κ2) is 5.62. The molecule has 3 heterocycles. The minimum Gasteiger partial charge on any atom is -0.451 e. The maximum Gasteiger partial charge on any atom is 0.290 e. The van der Waals surface area contributed by atoms with Gasteiger partial charge in [0.25, 0.3) is 5.91 Å². The predicted octanol–water partition coefficient (Wildman–Crippen LogP) is 3.23. The second-order valence-corrected chi connectivity index (χ2v) is 6.42. The van der Waals surface area contributed by atoms with Crippen molar-refractivity contribution in [3.8, 4) is 0 Å². The molecule has 23 heavy (non-hydrogen) atoms. The third-order valence-corrected chi connectivity index (χ3v) is 4.97. The number of likely N-dealkylation sites (tertiary alicyclic amines) is 1. The highest BCUT2D eigenvalue weighted by molar-refractivity contribution is 7.09. The highest BCUT2D eigenvalue weighted by Crippen LogP contribution is 2.34. The lowest BCUT2D eigenvalue weighted by atomic mass is 10.2. The van der Waals surface area contributed by atoms with Crippen LogP contribution in [0.3, 0.4) is 0 Å². The number of hydrogen-bond donors (Lipinski definition) is 0. The molecule has 0 bridgehead atoms. The molecule has 4 rings (SSSR count). The molecule has 1 aromatic carbocycles. The van der Waals surface area contributed by atoms with Gasteiger partial charge in [-0.25, -0.2) is 4.98 Å². The van der Waals surface area contributed by atoms with E-state index >= 15 is 0 Å². The van der Waals surface area contributed by atoms with Crippen molar-refractivity contribution >= 4 is 28.2 Å². The summed E-state index contributed by atoms with van der Waals surface area (Å²) in [6.07, 6.45) is 3.56. The Labute approximate surface area is 136 Å². The number of para-hydroxylation sites is 1. The van der Waals surface area contributed by atoms with Gasteiger partial charge in [-0.3, -0.25) is 9.59 Å². The van der Waals surface area contributed by atoms with Crippen molar-refractivity contribution in [3.05, 3.63) is 62.9 Å². The van der Waals surface area contributed by atoms with Crippen LogP contribution in [0.2, 0.25) is 0 Å². The maximum absolute atomic E-state index is 12.8. The van der Waals surface area contributed by atoms with E-state index in [1.54, 1.807) is 46.7 Å². The van der Waals surface area contributed by atoms with Crippen LogP contribution in [0.1, 0.15) is 34.4 Å². The Bertz CT molecular complexity index is 917. The average Bonchev–Trinajstić information content (AvgIpc) is 3.25. The van der Waals surface area contributed by atoms with Gasteiger partial charge in [-0.1, -0.05) is 12.1 Å². The van der Waals surface area contributed by atoms with E-state index in [4.69, 9.17) is 4.42 Å². The Kier molecular flexibility index (Phi) is 3.46. The van der Waals surface area contributed by atoms with E-state index in [-0.39, 0.29) is 23.1 Å². The molecule has 0 N–H and O–H groups in total. The van der Waals surface area contributed by atoms with Crippen molar-refractivity contribution in [1.82, 2.24) is 9.88 Å². The summed E-state index contributed by atoms with van der Waals surface area (Å²) in [6, 6.07) is 8.23. The maximum atomic E-state index is 12.8. The fourth-order valence-electron chi connectivity index (χ4n) is 3.02. The molecule has 0 spiro atoms. The minimum atomic E-state index is -0.245. The highest BCUT2D eigenvalue weighted by atomic mass is 32.1. The number of thiazole rings is 1. The standard InChI is InChI=1S/C17H14N2O3S/c20-13-10-15(22-14-6-2-1-4-11(13)14)17(21)19-8-3-5-12(19)16-18-7-9-23-16/h1-2,4,6-7,9-10,12H,3,5,8H2/t12-/m1/s1. The fourth-order valence-corrected chi connectivity index (χ4v) is 3.80. The smallest absolute Gasteiger partial charge is 0.290 e. The summed E-state index contributed by atoms with van der Waals surface area (Å²) in [5.74, 6) is -0.150. The molecule has 1 aliphatic heterocycles. The van der Waals surface area contributed by atoms with Crippen LogP contribution >= 0.6 is 11.3 Å². The van der Waals surface area contributed by atoms with Crippen LogP contribution in [0.15, 0.2) is 51.1 Å². The van der Waals surface area contributed by atoms with Gasteiger partial charge in [-0.05, 0) is 25.0 Å². The lowest BCUT2D eigenvalue weighted by Crippen LogP contribution is -2.31. The molecular formula is C17H14N2O3S. The van der Waals surface area contributed by atoms with Gasteiger partial charge in [0.2, 0.25) is 0 Å². The Morgan fingerprint density at radius 1 is 1.35 bits per heavy atom. The normalized spacial score (nSPS) is 17.7. The summed E-state index contributed by atoms with van der Waals surface area (Å²) < 4.78 is 5.67. The summed E-state index contributed by atoms with van der Waals surface area (Å²) in [5.41, 5.74) is 0.244. The van der Waals surface area contributed by atoms with Crippen molar-refractivity contribution in [1.29, 1.82) is 0 Å². The molecule has 1 saturated heterocycles. The Morgan fingerprint density at radius 2 is 2.22 bits per heavy atom. The van der Waals surface area contributed by atoms with Gasteiger partial charge in [0.1, 0.15) is 10.6 Å². The first-order valence-electron chi connectivity index (χ1n) is 7.47. The van der Waals surface area contributed by atoms with Gasteiger partial charge in [0.15, 0.2) is 11.2 Å². The molecule has 116 valence electrons. The third-order valence-electron chi connectivity index (χ3n) is 4.10. The Morgan fingerprint density at radius 3 is 3.04 bits per heavy atom. The lowest BCUT2D eigenvalue weighted by molar-refractivity contribution is 0.0703. The third kappa shape index (κ3) is 2.45. The molecule has 0 unspecified atom stereocenters. The van der Waals surface area contributed by atoms with E-state index in [1.165, 1.54) is 6.07 Å². The molecular weight excluding hydrogens is 312 g/mol. The molecule has 1 amide bonds. The first kappa shape index (κ1) is 14.1. The SMILES string of the molecule is O=C(c1cc(=O)c2ccccc2o1)N1CCC[C@@H]1c1nccs1. The number of fused-ring (bicyclic) bond motifs is 1. The van der Waals surface area contributed by atoms with Crippen molar-refractivity contribution in [2.75, 3.05) is 6.54 Å². The zero-order valence-electron chi connectivity index (χ0n) is 12.3. The van der Waals surface area contributed by atoms with Crippen LogP contribution in [0.5, 0.6) is 0 Å². The van der Waals surface area contributed by atoms with Gasteiger partial charge in [-0.2, -0.15) is 0 Å². The van der Waals surface area contributed by atoms with Crippen molar-refractivity contribution in [2.45, 2.75) is 18.9 Å². The largest absolute Gasteiger partial charge is 0.451 e. The first-order chi connectivity index (χ1) is 11.2. The quantitative estimate of drug-likeness (QED) is 0.725. The monoisotopic (exact) mass is 326 g/mol. The minimum absolute atomic E-state index is 0.0285. The molecule has 1 fully saturated rings. The number of rotatable bonds is 2. The molecule has 0 aliphatic carbocycles. The Hall–Kier alpha value is -2.47. The highest BCUT2D eigenvalue weighted by Gasteiger charge is 2.33. The van der Waals surface area contributed by atoms with Crippen LogP contribution in [0.25, 0.3) is 11.0 Å². The van der Waals surface area contributed by atoms with Crippen LogP contribution in [-0.2, 0) is 0 Å². The van der Waals surface area contributed by atoms with E-state index in [1.807, 2.05) is 5.38 Å². The number of carbonyl (C=O) groups excluding carboxylic acids is 1. The number of amides is 1. The van der Waals surface area contributed by atoms with E-state index in [0.717, 1.165) is 17.8 Å². The van der Waals surface area contributed by atoms with Gasteiger partial charge >= 0.3 is 0 Å².